The number of ether oxygens (including phenoxy) is 2. The molecule has 3 rings (SSSR count). The van der Waals surface area contributed by atoms with E-state index in [2.05, 4.69) is 4.90 Å². The van der Waals surface area contributed by atoms with Crippen LogP contribution in [0.25, 0.3) is 0 Å². The molecule has 2 unspecified atom stereocenters. The predicted octanol–water partition coefficient (Wildman–Crippen LogP) is 1.91. The topological polar surface area (TPSA) is 42.0 Å². The lowest BCUT2D eigenvalue weighted by atomic mass is 9.95. The molecule has 1 amide bonds. The number of halogens is 1. The largest absolute Gasteiger partial charge is 0.382 e. The van der Waals surface area contributed by atoms with Crippen molar-refractivity contribution in [3.8, 4) is 0 Å². The number of rotatable bonds is 5. The molecule has 0 radical (unpaired) electrons. The minimum atomic E-state index is -0.209. The summed E-state index contributed by atoms with van der Waals surface area (Å²) in [5, 5.41) is 0. The average Bonchev–Trinajstić information content (AvgIpc) is 2.62. The van der Waals surface area contributed by atoms with Gasteiger partial charge in [0, 0.05) is 33.3 Å². The first-order valence-corrected chi connectivity index (χ1v) is 9.02. The molecular formula is C19H27FN2O3. The summed E-state index contributed by atoms with van der Waals surface area (Å²) in [6, 6.07) is 6.70. The first kappa shape index (κ1) is 18.3. The highest BCUT2D eigenvalue weighted by atomic mass is 19.1. The van der Waals surface area contributed by atoms with Crippen molar-refractivity contribution in [2.24, 2.45) is 5.92 Å². The summed E-state index contributed by atoms with van der Waals surface area (Å²) in [7, 11) is 1.65. The Morgan fingerprint density at radius 2 is 2.24 bits per heavy atom. The number of amides is 1. The van der Waals surface area contributed by atoms with Crippen molar-refractivity contribution in [2.75, 3.05) is 46.5 Å². The van der Waals surface area contributed by atoms with E-state index in [1.54, 1.807) is 19.2 Å². The highest BCUT2D eigenvalue weighted by Crippen LogP contribution is 2.22. The molecule has 2 aliphatic rings. The SMILES string of the molecule is COCC1CN(C(=O)C2CCCN(Cc3cccc(F)c3)C2)CCO1. The van der Waals surface area contributed by atoms with Crippen molar-refractivity contribution in [2.45, 2.75) is 25.5 Å². The number of morpholine rings is 1. The summed E-state index contributed by atoms with van der Waals surface area (Å²) in [6.45, 7) is 4.72. The Balaban J connectivity index is 1.56. The molecule has 0 aromatic heterocycles. The highest BCUT2D eigenvalue weighted by Gasteiger charge is 2.32. The van der Waals surface area contributed by atoms with Gasteiger partial charge in [0.05, 0.1) is 25.2 Å². The van der Waals surface area contributed by atoms with Gasteiger partial charge in [-0.25, -0.2) is 4.39 Å². The number of hydrogen-bond acceptors (Lipinski definition) is 4. The van der Waals surface area contributed by atoms with Crippen LogP contribution in [0.3, 0.4) is 0 Å². The molecule has 138 valence electrons. The molecule has 1 aromatic rings. The summed E-state index contributed by atoms with van der Waals surface area (Å²) < 4.78 is 24.1. The fourth-order valence-electron chi connectivity index (χ4n) is 3.76. The van der Waals surface area contributed by atoms with E-state index >= 15 is 0 Å². The standard InChI is InChI=1S/C19H27FN2O3/c1-24-14-18-13-22(8-9-25-18)19(23)16-5-3-7-21(12-16)11-15-4-2-6-17(20)10-15/h2,4,6,10,16,18H,3,5,7-9,11-14H2,1H3. The van der Waals surface area contributed by atoms with Gasteiger partial charge < -0.3 is 14.4 Å². The highest BCUT2D eigenvalue weighted by molar-refractivity contribution is 5.79. The maximum atomic E-state index is 13.4. The summed E-state index contributed by atoms with van der Waals surface area (Å²) >= 11 is 0. The Bertz CT molecular complexity index is 582. The van der Waals surface area contributed by atoms with Crippen molar-refractivity contribution >= 4 is 5.91 Å². The smallest absolute Gasteiger partial charge is 0.227 e. The first-order valence-electron chi connectivity index (χ1n) is 9.02. The Hall–Kier alpha value is -1.50. The van der Waals surface area contributed by atoms with Crippen LogP contribution < -0.4 is 0 Å². The van der Waals surface area contributed by atoms with E-state index in [1.165, 1.54) is 6.07 Å². The van der Waals surface area contributed by atoms with Crippen LogP contribution in [0.4, 0.5) is 4.39 Å². The van der Waals surface area contributed by atoms with Crippen LogP contribution in [0, 0.1) is 11.7 Å². The van der Waals surface area contributed by atoms with Gasteiger partial charge in [-0.2, -0.15) is 0 Å². The number of carbonyl (C=O) groups is 1. The molecule has 2 aliphatic heterocycles. The van der Waals surface area contributed by atoms with Gasteiger partial charge in [0.2, 0.25) is 5.91 Å². The summed E-state index contributed by atoms with van der Waals surface area (Å²) in [5.41, 5.74) is 0.958. The Kier molecular flexibility index (Phi) is 6.39. The Labute approximate surface area is 148 Å². The maximum absolute atomic E-state index is 13.4. The molecule has 1 aromatic carbocycles. The van der Waals surface area contributed by atoms with E-state index in [1.807, 2.05) is 11.0 Å². The molecule has 0 spiro atoms. The van der Waals surface area contributed by atoms with Gasteiger partial charge in [-0.05, 0) is 37.1 Å². The predicted molar refractivity (Wildman–Crippen MR) is 92.6 cm³/mol. The van der Waals surface area contributed by atoms with Crippen LogP contribution in [0.1, 0.15) is 18.4 Å². The minimum absolute atomic E-state index is 0.0172. The lowest BCUT2D eigenvalue weighted by Gasteiger charge is -2.38. The van der Waals surface area contributed by atoms with Crippen LogP contribution in [0.2, 0.25) is 0 Å². The van der Waals surface area contributed by atoms with E-state index < -0.39 is 0 Å². The van der Waals surface area contributed by atoms with Gasteiger partial charge in [0.15, 0.2) is 0 Å². The normalized spacial score (nSPS) is 25.1. The van der Waals surface area contributed by atoms with E-state index in [4.69, 9.17) is 9.47 Å². The maximum Gasteiger partial charge on any atom is 0.227 e. The lowest BCUT2D eigenvalue weighted by Crippen LogP contribution is -2.51. The molecule has 25 heavy (non-hydrogen) atoms. The summed E-state index contributed by atoms with van der Waals surface area (Å²) in [5.74, 6) is 0.0246. The summed E-state index contributed by atoms with van der Waals surface area (Å²) in [4.78, 5) is 17.1. The van der Waals surface area contributed by atoms with Crippen LogP contribution in [0.15, 0.2) is 24.3 Å². The number of piperidine rings is 1. The number of hydrogen-bond donors (Lipinski definition) is 0. The molecular weight excluding hydrogens is 323 g/mol. The van der Waals surface area contributed by atoms with Crippen molar-refractivity contribution in [1.29, 1.82) is 0 Å². The molecule has 0 N–H and O–H groups in total. The zero-order chi connectivity index (χ0) is 17.6. The third-order valence-corrected chi connectivity index (χ3v) is 4.95. The van der Waals surface area contributed by atoms with Crippen LogP contribution >= 0.6 is 0 Å². The zero-order valence-electron chi connectivity index (χ0n) is 14.8. The van der Waals surface area contributed by atoms with Gasteiger partial charge in [-0.15, -0.1) is 0 Å². The van der Waals surface area contributed by atoms with Crippen LogP contribution in [-0.4, -0.2) is 68.3 Å². The number of benzene rings is 1. The van der Waals surface area contributed by atoms with Gasteiger partial charge in [0.1, 0.15) is 5.82 Å². The molecule has 2 saturated heterocycles. The van der Waals surface area contributed by atoms with E-state index in [0.29, 0.717) is 32.8 Å². The molecule has 2 atom stereocenters. The number of carbonyl (C=O) groups excluding carboxylic acids is 1. The van der Waals surface area contributed by atoms with Crippen molar-refractivity contribution in [3.05, 3.63) is 35.6 Å². The first-order chi connectivity index (χ1) is 12.2. The Morgan fingerprint density at radius 1 is 1.36 bits per heavy atom. The quantitative estimate of drug-likeness (QED) is 0.814. The molecule has 5 nitrogen and oxygen atoms in total. The Morgan fingerprint density at radius 3 is 3.04 bits per heavy atom. The summed E-state index contributed by atoms with van der Waals surface area (Å²) in [6.07, 6.45) is 1.89. The molecule has 0 saturated carbocycles. The molecule has 0 aliphatic carbocycles. The third-order valence-electron chi connectivity index (χ3n) is 4.95. The lowest BCUT2D eigenvalue weighted by molar-refractivity contribution is -0.146. The second-order valence-corrected chi connectivity index (χ2v) is 6.94. The van der Waals surface area contributed by atoms with E-state index in [-0.39, 0.29) is 23.7 Å². The number of nitrogens with zero attached hydrogens (tertiary/aromatic N) is 2. The second-order valence-electron chi connectivity index (χ2n) is 6.94. The zero-order valence-corrected chi connectivity index (χ0v) is 14.8. The molecule has 2 fully saturated rings. The minimum Gasteiger partial charge on any atom is -0.382 e. The average molecular weight is 350 g/mol. The van der Waals surface area contributed by atoms with Crippen LogP contribution in [0.5, 0.6) is 0 Å². The van der Waals surface area contributed by atoms with Gasteiger partial charge in [0.25, 0.3) is 0 Å². The number of likely N-dealkylation sites (tertiary alicyclic amines) is 1. The van der Waals surface area contributed by atoms with Gasteiger partial charge in [-0.3, -0.25) is 9.69 Å². The number of methoxy groups -OCH3 is 1. The molecule has 0 bridgehead atoms. The monoisotopic (exact) mass is 350 g/mol. The second kappa shape index (κ2) is 8.74. The van der Waals surface area contributed by atoms with E-state index in [9.17, 15) is 9.18 Å². The van der Waals surface area contributed by atoms with Crippen molar-refractivity contribution in [1.82, 2.24) is 9.80 Å². The molecule has 6 heteroatoms. The van der Waals surface area contributed by atoms with E-state index in [0.717, 1.165) is 31.5 Å². The molecule has 2 heterocycles. The van der Waals surface area contributed by atoms with Crippen molar-refractivity contribution in [3.63, 3.8) is 0 Å². The van der Waals surface area contributed by atoms with Gasteiger partial charge >= 0.3 is 0 Å². The fraction of sp³-hybridized carbons (Fsp3) is 0.632. The van der Waals surface area contributed by atoms with Crippen molar-refractivity contribution < 1.29 is 18.7 Å². The fourth-order valence-corrected chi connectivity index (χ4v) is 3.76. The third kappa shape index (κ3) is 5.00. The van der Waals surface area contributed by atoms with Gasteiger partial charge in [-0.1, -0.05) is 12.1 Å². The van der Waals surface area contributed by atoms with Crippen LogP contribution in [-0.2, 0) is 20.8 Å².